The second kappa shape index (κ2) is 7.20. The summed E-state index contributed by atoms with van der Waals surface area (Å²) in [4.78, 5) is 4.08. The van der Waals surface area contributed by atoms with Gasteiger partial charge in [-0.2, -0.15) is 0 Å². The molecule has 1 aromatic carbocycles. The predicted molar refractivity (Wildman–Crippen MR) is 88.0 cm³/mol. The van der Waals surface area contributed by atoms with Crippen LogP contribution in [0.2, 0.25) is 0 Å². The third-order valence-corrected chi connectivity index (χ3v) is 3.67. The molecule has 2 aromatic heterocycles. The van der Waals surface area contributed by atoms with Crippen LogP contribution in [0.25, 0.3) is 11.5 Å². The molecular weight excluding hydrogens is 308 g/mol. The zero-order valence-electron chi connectivity index (χ0n) is 13.1. The number of anilines is 1. The summed E-state index contributed by atoms with van der Waals surface area (Å²) < 4.78 is 5.20. The van der Waals surface area contributed by atoms with Crippen LogP contribution in [0.4, 0.5) is 5.69 Å². The van der Waals surface area contributed by atoms with Gasteiger partial charge in [0.15, 0.2) is 0 Å². The number of rotatable bonds is 6. The molecule has 7 heteroatoms. The Labute approximate surface area is 139 Å². The van der Waals surface area contributed by atoms with Crippen molar-refractivity contribution in [3.8, 4) is 11.5 Å². The molecule has 0 radical (unpaired) electrons. The lowest BCUT2D eigenvalue weighted by Crippen LogP contribution is -2.34. The van der Waals surface area contributed by atoms with Gasteiger partial charge >= 0.3 is 0 Å². The van der Waals surface area contributed by atoms with Crippen molar-refractivity contribution in [3.63, 3.8) is 0 Å². The first-order chi connectivity index (χ1) is 11.6. The molecule has 0 fully saturated rings. The molecule has 0 aliphatic carbocycles. The molecule has 0 unspecified atom stereocenters. The molecule has 0 amide bonds. The molecule has 0 saturated heterocycles. The molecule has 3 N–H and O–H groups in total. The third-order valence-electron chi connectivity index (χ3n) is 3.67. The molecule has 0 aliphatic rings. The first kappa shape index (κ1) is 16.1. The maximum atomic E-state index is 10.4. The molecule has 124 valence electrons. The number of hydrogen-bond acceptors (Lipinski definition) is 7. The van der Waals surface area contributed by atoms with E-state index >= 15 is 0 Å². The number of hydrogen-bond donors (Lipinski definition) is 3. The first-order valence-corrected chi connectivity index (χ1v) is 7.54. The zero-order chi connectivity index (χ0) is 16.9. The molecule has 3 aromatic rings. The lowest BCUT2D eigenvalue weighted by Gasteiger charge is -2.27. The quantitative estimate of drug-likeness (QED) is 0.636. The summed E-state index contributed by atoms with van der Waals surface area (Å²) >= 11 is 0. The van der Waals surface area contributed by atoms with Crippen LogP contribution in [0.3, 0.4) is 0 Å². The summed E-state index contributed by atoms with van der Waals surface area (Å²) in [7, 11) is 0. The Hall–Kier alpha value is -2.77. The first-order valence-electron chi connectivity index (χ1n) is 7.54. The second-order valence-corrected chi connectivity index (χ2v) is 5.46. The fourth-order valence-electron chi connectivity index (χ4n) is 2.42. The van der Waals surface area contributed by atoms with Gasteiger partial charge in [-0.1, -0.05) is 12.1 Å². The van der Waals surface area contributed by atoms with E-state index in [0.717, 1.165) is 16.8 Å². The second-order valence-electron chi connectivity index (χ2n) is 5.46. The lowest BCUT2D eigenvalue weighted by molar-refractivity contribution is 0.0189. The Bertz CT molecular complexity index is 763. The molecule has 3 atom stereocenters. The van der Waals surface area contributed by atoms with E-state index < -0.39 is 18.2 Å². The van der Waals surface area contributed by atoms with Gasteiger partial charge in [0.05, 0.1) is 12.1 Å². The number of nitrogens with one attached hydrogen (secondary N) is 1. The maximum absolute atomic E-state index is 10.4. The Kier molecular flexibility index (Phi) is 4.83. The number of aliphatic hydroxyl groups is 2. The molecule has 7 nitrogen and oxygen atoms in total. The molecule has 0 saturated carbocycles. The highest BCUT2D eigenvalue weighted by atomic mass is 16.4. The highest BCUT2D eigenvalue weighted by Gasteiger charge is 2.25. The fourth-order valence-corrected chi connectivity index (χ4v) is 2.42. The van der Waals surface area contributed by atoms with E-state index in [0.29, 0.717) is 5.89 Å². The van der Waals surface area contributed by atoms with E-state index in [4.69, 9.17) is 4.42 Å². The van der Waals surface area contributed by atoms with E-state index in [9.17, 15) is 10.2 Å². The summed E-state index contributed by atoms with van der Waals surface area (Å²) in [6, 6.07) is 10.5. The van der Waals surface area contributed by atoms with Crippen LogP contribution in [0.5, 0.6) is 0 Å². The number of pyridine rings is 1. The van der Waals surface area contributed by atoms with Gasteiger partial charge in [-0.05, 0) is 36.8 Å². The van der Waals surface area contributed by atoms with E-state index in [1.165, 1.54) is 6.39 Å². The van der Waals surface area contributed by atoms with E-state index in [1.807, 2.05) is 30.3 Å². The van der Waals surface area contributed by atoms with Crippen molar-refractivity contribution in [1.29, 1.82) is 0 Å². The molecule has 24 heavy (non-hydrogen) atoms. The number of nitrogens with zero attached hydrogens (tertiary/aromatic N) is 3. The standard InChI is InChI=1S/C17H18N4O3/c1-11(22)16(23)15(13-5-3-7-18-9-13)20-14-6-2-4-12(8-14)17-21-19-10-24-17/h2-11,15-16,20,22-23H,1H3/t11-,15+,16+/m0/s1. The van der Waals surface area contributed by atoms with Crippen LogP contribution >= 0.6 is 0 Å². The topological polar surface area (TPSA) is 104 Å². The zero-order valence-corrected chi connectivity index (χ0v) is 13.1. The van der Waals surface area contributed by atoms with Crippen LogP contribution in [-0.4, -0.2) is 37.6 Å². The molecule has 2 heterocycles. The van der Waals surface area contributed by atoms with Gasteiger partial charge in [-0.3, -0.25) is 4.98 Å². The monoisotopic (exact) mass is 326 g/mol. The summed E-state index contributed by atoms with van der Waals surface area (Å²) in [5.41, 5.74) is 2.28. The van der Waals surface area contributed by atoms with Gasteiger partial charge in [0.1, 0.15) is 6.10 Å². The van der Waals surface area contributed by atoms with Crippen LogP contribution in [-0.2, 0) is 0 Å². The highest BCUT2D eigenvalue weighted by Crippen LogP contribution is 2.27. The molecular formula is C17H18N4O3. The molecule has 0 bridgehead atoms. The summed E-state index contributed by atoms with van der Waals surface area (Å²) in [5.74, 6) is 0.410. The minimum Gasteiger partial charge on any atom is -0.423 e. The summed E-state index contributed by atoms with van der Waals surface area (Å²) in [5, 5.41) is 31.0. The van der Waals surface area contributed by atoms with Crippen molar-refractivity contribution >= 4 is 5.69 Å². The van der Waals surface area contributed by atoms with Crippen LogP contribution in [0.15, 0.2) is 59.6 Å². The van der Waals surface area contributed by atoms with Gasteiger partial charge in [-0.15, -0.1) is 10.2 Å². The van der Waals surface area contributed by atoms with Crippen LogP contribution in [0.1, 0.15) is 18.5 Å². The predicted octanol–water partition coefficient (Wildman–Crippen LogP) is 2.03. The number of benzene rings is 1. The minimum atomic E-state index is -0.999. The van der Waals surface area contributed by atoms with Crippen LogP contribution in [0, 0.1) is 0 Å². The summed E-state index contributed by atoms with van der Waals surface area (Å²) in [6.45, 7) is 1.55. The Morgan fingerprint density at radius 1 is 1.17 bits per heavy atom. The van der Waals surface area contributed by atoms with Crippen molar-refractivity contribution in [2.75, 3.05) is 5.32 Å². The average molecular weight is 326 g/mol. The van der Waals surface area contributed by atoms with Crippen LogP contribution < -0.4 is 5.32 Å². The van der Waals surface area contributed by atoms with E-state index in [2.05, 4.69) is 20.5 Å². The van der Waals surface area contributed by atoms with Gasteiger partial charge in [0.2, 0.25) is 12.3 Å². The average Bonchev–Trinajstić information content (AvgIpc) is 3.15. The maximum Gasteiger partial charge on any atom is 0.247 e. The molecule has 3 rings (SSSR count). The highest BCUT2D eigenvalue weighted by molar-refractivity contribution is 5.61. The SMILES string of the molecule is C[C@H](O)[C@@H](O)[C@H](Nc1cccc(-c2nnco2)c1)c1cccnc1. The molecule has 0 aliphatic heterocycles. The number of aromatic nitrogens is 3. The largest absolute Gasteiger partial charge is 0.423 e. The number of aliphatic hydroxyl groups excluding tert-OH is 2. The van der Waals surface area contributed by atoms with E-state index in [1.54, 1.807) is 25.4 Å². The van der Waals surface area contributed by atoms with Gasteiger partial charge in [0.25, 0.3) is 0 Å². The Morgan fingerprint density at radius 2 is 2.04 bits per heavy atom. The Morgan fingerprint density at radius 3 is 2.71 bits per heavy atom. The Balaban J connectivity index is 1.89. The van der Waals surface area contributed by atoms with Crippen molar-refractivity contribution < 1.29 is 14.6 Å². The van der Waals surface area contributed by atoms with Gasteiger partial charge in [-0.25, -0.2) is 0 Å². The van der Waals surface area contributed by atoms with Crippen molar-refractivity contribution in [2.45, 2.75) is 25.2 Å². The smallest absolute Gasteiger partial charge is 0.247 e. The lowest BCUT2D eigenvalue weighted by atomic mass is 9.99. The summed E-state index contributed by atoms with van der Waals surface area (Å²) in [6.07, 6.45) is 2.69. The fraction of sp³-hybridized carbons (Fsp3) is 0.235. The van der Waals surface area contributed by atoms with Crippen molar-refractivity contribution in [2.24, 2.45) is 0 Å². The van der Waals surface area contributed by atoms with Crippen molar-refractivity contribution in [1.82, 2.24) is 15.2 Å². The molecule has 0 spiro atoms. The minimum absolute atomic E-state index is 0.410. The third kappa shape index (κ3) is 3.58. The van der Waals surface area contributed by atoms with Gasteiger partial charge in [0, 0.05) is 23.6 Å². The van der Waals surface area contributed by atoms with E-state index in [-0.39, 0.29) is 0 Å². The normalized spacial score (nSPS) is 14.8. The van der Waals surface area contributed by atoms with Crippen molar-refractivity contribution in [3.05, 3.63) is 60.7 Å². The van der Waals surface area contributed by atoms with Gasteiger partial charge < -0.3 is 19.9 Å².